The Hall–Kier alpha value is -2.33. The highest BCUT2D eigenvalue weighted by Crippen LogP contribution is 2.44. The Morgan fingerprint density at radius 1 is 1.08 bits per heavy atom. The SMILES string of the molecule is Cc1ccc(CN=C(NCC2(CO)CC2)Nc2ccccc2)cc1. The summed E-state index contributed by atoms with van der Waals surface area (Å²) in [7, 11) is 0. The maximum absolute atomic E-state index is 9.49. The minimum Gasteiger partial charge on any atom is -0.396 e. The standard InChI is InChI=1S/C20H25N3O/c1-16-7-9-17(10-8-16)13-21-19(22-14-20(15-24)11-12-20)23-18-5-3-2-4-6-18/h2-10,24H,11-15H2,1H3,(H2,21,22,23). The number of benzene rings is 2. The van der Waals surface area contributed by atoms with Crippen LogP contribution in [0, 0.1) is 12.3 Å². The van der Waals surface area contributed by atoms with E-state index in [1.54, 1.807) is 0 Å². The van der Waals surface area contributed by atoms with Gasteiger partial charge in [0.05, 0.1) is 13.2 Å². The van der Waals surface area contributed by atoms with Crippen molar-refractivity contribution in [1.82, 2.24) is 5.32 Å². The lowest BCUT2D eigenvalue weighted by atomic mass is 10.1. The highest BCUT2D eigenvalue weighted by Gasteiger charge is 2.41. The molecule has 4 heteroatoms. The summed E-state index contributed by atoms with van der Waals surface area (Å²) in [6.07, 6.45) is 2.15. The van der Waals surface area contributed by atoms with Gasteiger partial charge in [0.2, 0.25) is 0 Å². The normalized spacial score (nSPS) is 15.8. The molecular weight excluding hydrogens is 298 g/mol. The van der Waals surface area contributed by atoms with Crippen LogP contribution in [-0.2, 0) is 6.54 Å². The van der Waals surface area contributed by atoms with Crippen molar-refractivity contribution < 1.29 is 5.11 Å². The van der Waals surface area contributed by atoms with Crippen molar-refractivity contribution in [3.8, 4) is 0 Å². The maximum atomic E-state index is 9.49. The summed E-state index contributed by atoms with van der Waals surface area (Å²) in [6, 6.07) is 18.4. The van der Waals surface area contributed by atoms with Crippen LogP contribution >= 0.6 is 0 Å². The van der Waals surface area contributed by atoms with Gasteiger partial charge in [-0.15, -0.1) is 0 Å². The fraction of sp³-hybridized carbons (Fsp3) is 0.350. The zero-order valence-electron chi connectivity index (χ0n) is 14.1. The third-order valence-corrected chi connectivity index (χ3v) is 4.50. The number of aryl methyl sites for hydroxylation is 1. The number of aliphatic imine (C=N–C) groups is 1. The minimum atomic E-state index is 0.0446. The zero-order valence-corrected chi connectivity index (χ0v) is 14.1. The van der Waals surface area contributed by atoms with Crippen molar-refractivity contribution in [2.75, 3.05) is 18.5 Å². The third-order valence-electron chi connectivity index (χ3n) is 4.50. The van der Waals surface area contributed by atoms with E-state index in [-0.39, 0.29) is 12.0 Å². The van der Waals surface area contributed by atoms with E-state index >= 15 is 0 Å². The summed E-state index contributed by atoms with van der Waals surface area (Å²) < 4.78 is 0. The molecule has 1 aliphatic carbocycles. The Morgan fingerprint density at radius 3 is 2.42 bits per heavy atom. The summed E-state index contributed by atoms with van der Waals surface area (Å²) in [5.41, 5.74) is 3.48. The van der Waals surface area contributed by atoms with Crippen LogP contribution in [0.15, 0.2) is 59.6 Å². The number of aliphatic hydroxyl groups is 1. The smallest absolute Gasteiger partial charge is 0.196 e. The Kier molecular flexibility index (Phi) is 5.16. The Bertz CT molecular complexity index is 676. The van der Waals surface area contributed by atoms with E-state index in [0.717, 1.165) is 31.0 Å². The summed E-state index contributed by atoms with van der Waals surface area (Å²) >= 11 is 0. The molecule has 2 aromatic carbocycles. The lowest BCUT2D eigenvalue weighted by molar-refractivity contribution is 0.212. The van der Waals surface area contributed by atoms with Gasteiger partial charge in [-0.1, -0.05) is 48.0 Å². The molecule has 0 unspecified atom stereocenters. The number of hydrogen-bond acceptors (Lipinski definition) is 2. The van der Waals surface area contributed by atoms with Crippen LogP contribution < -0.4 is 10.6 Å². The topological polar surface area (TPSA) is 56.7 Å². The molecule has 0 saturated heterocycles. The number of para-hydroxylation sites is 1. The molecule has 0 heterocycles. The largest absolute Gasteiger partial charge is 0.396 e. The lowest BCUT2D eigenvalue weighted by Crippen LogP contribution is -2.36. The number of rotatable bonds is 6. The number of nitrogens with zero attached hydrogens (tertiary/aromatic N) is 1. The molecular formula is C20H25N3O. The molecule has 1 saturated carbocycles. The first-order valence-corrected chi connectivity index (χ1v) is 8.46. The van der Waals surface area contributed by atoms with Crippen LogP contribution in [0.2, 0.25) is 0 Å². The molecule has 1 fully saturated rings. The van der Waals surface area contributed by atoms with E-state index in [1.165, 1.54) is 11.1 Å². The Balaban J connectivity index is 1.67. The third kappa shape index (κ3) is 4.59. The van der Waals surface area contributed by atoms with Crippen molar-refractivity contribution in [3.05, 3.63) is 65.7 Å². The fourth-order valence-electron chi connectivity index (χ4n) is 2.50. The molecule has 126 valence electrons. The first-order chi connectivity index (χ1) is 11.7. The molecule has 0 atom stereocenters. The van der Waals surface area contributed by atoms with E-state index in [0.29, 0.717) is 6.54 Å². The first-order valence-electron chi connectivity index (χ1n) is 8.46. The maximum Gasteiger partial charge on any atom is 0.196 e. The molecule has 3 rings (SSSR count). The molecule has 0 bridgehead atoms. The highest BCUT2D eigenvalue weighted by atomic mass is 16.3. The fourth-order valence-corrected chi connectivity index (χ4v) is 2.50. The van der Waals surface area contributed by atoms with Crippen LogP contribution in [0.1, 0.15) is 24.0 Å². The highest BCUT2D eigenvalue weighted by molar-refractivity contribution is 5.93. The number of hydrogen-bond donors (Lipinski definition) is 3. The molecule has 0 spiro atoms. The monoisotopic (exact) mass is 323 g/mol. The predicted octanol–water partition coefficient (Wildman–Crippen LogP) is 3.33. The van der Waals surface area contributed by atoms with Crippen LogP contribution in [0.5, 0.6) is 0 Å². The van der Waals surface area contributed by atoms with Gasteiger partial charge in [0, 0.05) is 17.6 Å². The average molecular weight is 323 g/mol. The van der Waals surface area contributed by atoms with Crippen molar-refractivity contribution in [1.29, 1.82) is 0 Å². The molecule has 3 N–H and O–H groups in total. The van der Waals surface area contributed by atoms with E-state index in [2.05, 4.69) is 41.8 Å². The molecule has 2 aromatic rings. The van der Waals surface area contributed by atoms with Gasteiger partial charge in [0.15, 0.2) is 5.96 Å². The minimum absolute atomic E-state index is 0.0446. The van der Waals surface area contributed by atoms with E-state index in [4.69, 9.17) is 4.99 Å². The second-order valence-electron chi connectivity index (χ2n) is 6.65. The molecule has 0 aromatic heterocycles. The first kappa shape index (κ1) is 16.5. The van der Waals surface area contributed by atoms with Gasteiger partial charge in [-0.25, -0.2) is 4.99 Å². The van der Waals surface area contributed by atoms with Crippen molar-refractivity contribution in [2.24, 2.45) is 10.4 Å². The number of aliphatic hydroxyl groups excluding tert-OH is 1. The average Bonchev–Trinajstić information content (AvgIpc) is 3.40. The quantitative estimate of drug-likeness (QED) is 0.564. The lowest BCUT2D eigenvalue weighted by Gasteiger charge is -2.17. The molecule has 24 heavy (non-hydrogen) atoms. The van der Waals surface area contributed by atoms with Crippen LogP contribution in [0.4, 0.5) is 5.69 Å². The van der Waals surface area contributed by atoms with Gasteiger partial charge >= 0.3 is 0 Å². The molecule has 0 aliphatic heterocycles. The van der Waals surface area contributed by atoms with Gasteiger partial charge in [-0.05, 0) is 37.5 Å². The summed E-state index contributed by atoms with van der Waals surface area (Å²) in [4.78, 5) is 4.70. The van der Waals surface area contributed by atoms with Gasteiger partial charge in [0.1, 0.15) is 0 Å². The number of guanidine groups is 1. The summed E-state index contributed by atoms with van der Waals surface area (Å²) in [5, 5.41) is 16.2. The van der Waals surface area contributed by atoms with Crippen molar-refractivity contribution >= 4 is 11.6 Å². The van der Waals surface area contributed by atoms with Crippen LogP contribution in [-0.4, -0.2) is 24.2 Å². The van der Waals surface area contributed by atoms with E-state index in [9.17, 15) is 5.11 Å². The van der Waals surface area contributed by atoms with Gasteiger partial charge in [-0.2, -0.15) is 0 Å². The predicted molar refractivity (Wildman–Crippen MR) is 99.1 cm³/mol. The molecule has 1 aliphatic rings. The summed E-state index contributed by atoms with van der Waals surface area (Å²) in [6.45, 7) is 3.68. The molecule has 4 nitrogen and oxygen atoms in total. The van der Waals surface area contributed by atoms with Crippen LogP contribution in [0.3, 0.4) is 0 Å². The van der Waals surface area contributed by atoms with Gasteiger partial charge in [-0.3, -0.25) is 0 Å². The van der Waals surface area contributed by atoms with Gasteiger partial charge in [0.25, 0.3) is 0 Å². The number of nitrogens with one attached hydrogen (secondary N) is 2. The van der Waals surface area contributed by atoms with Gasteiger partial charge < -0.3 is 15.7 Å². The van der Waals surface area contributed by atoms with E-state index in [1.807, 2.05) is 30.3 Å². The summed E-state index contributed by atoms with van der Waals surface area (Å²) in [5.74, 6) is 0.751. The van der Waals surface area contributed by atoms with Crippen molar-refractivity contribution in [3.63, 3.8) is 0 Å². The molecule has 0 amide bonds. The van der Waals surface area contributed by atoms with Crippen molar-refractivity contribution in [2.45, 2.75) is 26.3 Å². The second-order valence-corrected chi connectivity index (χ2v) is 6.65. The molecule has 0 radical (unpaired) electrons. The zero-order chi connectivity index (χ0) is 16.8. The second kappa shape index (κ2) is 7.49. The van der Waals surface area contributed by atoms with Crippen LogP contribution in [0.25, 0.3) is 0 Å². The number of anilines is 1. The Labute approximate surface area is 143 Å². The van der Waals surface area contributed by atoms with E-state index < -0.39 is 0 Å². The Morgan fingerprint density at radius 2 is 1.79 bits per heavy atom.